The fourth-order valence-electron chi connectivity index (χ4n) is 3.43. The third-order valence-electron chi connectivity index (χ3n) is 5.01. The maximum Gasteiger partial charge on any atom is 0.254 e. The van der Waals surface area contributed by atoms with Gasteiger partial charge < -0.3 is 10.3 Å². The summed E-state index contributed by atoms with van der Waals surface area (Å²) in [5.74, 6) is -0.112. The number of carbonyl (C=O) groups is 1. The van der Waals surface area contributed by atoms with Crippen LogP contribution in [0, 0.1) is 13.8 Å². The number of fused-ring (bicyclic) bond motifs is 1. The van der Waals surface area contributed by atoms with Gasteiger partial charge in [0, 0.05) is 23.5 Å². The van der Waals surface area contributed by atoms with Crippen LogP contribution in [0.1, 0.15) is 38.8 Å². The highest BCUT2D eigenvalue weighted by molar-refractivity contribution is 6.07. The molecule has 0 saturated carbocycles. The van der Waals surface area contributed by atoms with Crippen molar-refractivity contribution in [3.8, 4) is 0 Å². The molecule has 1 amide bonds. The van der Waals surface area contributed by atoms with Gasteiger partial charge in [-0.15, -0.1) is 0 Å². The van der Waals surface area contributed by atoms with Gasteiger partial charge in [0.2, 0.25) is 0 Å². The molecular weight excluding hydrogens is 334 g/mol. The van der Waals surface area contributed by atoms with Gasteiger partial charge >= 0.3 is 0 Å². The first-order valence-electron chi connectivity index (χ1n) is 8.99. The van der Waals surface area contributed by atoms with Crippen molar-refractivity contribution in [2.45, 2.75) is 19.9 Å². The van der Waals surface area contributed by atoms with Crippen molar-refractivity contribution in [2.75, 3.05) is 0 Å². The van der Waals surface area contributed by atoms with Gasteiger partial charge in [-0.3, -0.25) is 9.78 Å². The van der Waals surface area contributed by atoms with E-state index in [0.29, 0.717) is 5.56 Å². The van der Waals surface area contributed by atoms with Gasteiger partial charge in [0.25, 0.3) is 5.91 Å². The average Bonchev–Trinajstić information content (AvgIpc) is 3.01. The van der Waals surface area contributed by atoms with Gasteiger partial charge in [0.15, 0.2) is 0 Å². The van der Waals surface area contributed by atoms with E-state index in [1.54, 1.807) is 12.4 Å². The number of pyridine rings is 1. The van der Waals surface area contributed by atoms with E-state index < -0.39 is 0 Å². The predicted octanol–water partition coefficient (Wildman–Crippen LogP) is 4.70. The highest BCUT2D eigenvalue weighted by Gasteiger charge is 2.20. The Bertz CT molecular complexity index is 1050. The van der Waals surface area contributed by atoms with E-state index in [1.165, 1.54) is 5.56 Å². The van der Waals surface area contributed by atoms with Crippen molar-refractivity contribution in [3.05, 3.63) is 101 Å². The van der Waals surface area contributed by atoms with Crippen LogP contribution in [0.25, 0.3) is 10.9 Å². The number of nitrogens with one attached hydrogen (secondary N) is 2. The van der Waals surface area contributed by atoms with Gasteiger partial charge in [-0.1, -0.05) is 48.5 Å². The molecule has 0 spiro atoms. The van der Waals surface area contributed by atoms with E-state index in [4.69, 9.17) is 0 Å². The third-order valence-corrected chi connectivity index (χ3v) is 5.01. The Morgan fingerprint density at radius 1 is 0.963 bits per heavy atom. The molecule has 2 aromatic carbocycles. The van der Waals surface area contributed by atoms with Crippen molar-refractivity contribution < 1.29 is 4.79 Å². The van der Waals surface area contributed by atoms with Gasteiger partial charge in [0.05, 0.1) is 17.1 Å². The summed E-state index contributed by atoms with van der Waals surface area (Å²) in [6, 6.07) is 19.4. The number of hydrogen-bond acceptors (Lipinski definition) is 2. The number of carbonyl (C=O) groups excluding carboxylic acids is 1. The fraction of sp³-hybridized carbons (Fsp3) is 0.130. The lowest BCUT2D eigenvalue weighted by Crippen LogP contribution is -2.29. The predicted molar refractivity (Wildman–Crippen MR) is 108 cm³/mol. The van der Waals surface area contributed by atoms with Crippen LogP contribution in [0.3, 0.4) is 0 Å². The number of rotatable bonds is 4. The molecule has 0 saturated heterocycles. The summed E-state index contributed by atoms with van der Waals surface area (Å²) >= 11 is 0. The Morgan fingerprint density at radius 2 is 1.74 bits per heavy atom. The molecule has 0 unspecified atom stereocenters. The standard InChI is InChI=1S/C23H21N3O/c1-15-16(2)25-22-19(15)11-6-12-20(22)23(27)26-21(17-8-4-3-5-9-17)18-10-7-13-24-14-18/h3-14,21,25H,1-2H3,(H,26,27)/t21-/m0/s1. The smallest absolute Gasteiger partial charge is 0.254 e. The summed E-state index contributed by atoms with van der Waals surface area (Å²) < 4.78 is 0. The number of aromatic nitrogens is 2. The third kappa shape index (κ3) is 3.22. The molecule has 1 atom stereocenters. The van der Waals surface area contributed by atoms with Crippen molar-refractivity contribution in [3.63, 3.8) is 0 Å². The SMILES string of the molecule is Cc1[nH]c2c(C(=O)N[C@@H](c3ccccc3)c3cccnc3)cccc2c1C. The first-order valence-corrected chi connectivity index (χ1v) is 8.99. The van der Waals surface area contributed by atoms with E-state index in [9.17, 15) is 4.79 Å². The molecule has 0 aliphatic heterocycles. The number of benzene rings is 2. The van der Waals surface area contributed by atoms with Crippen LogP contribution >= 0.6 is 0 Å². The van der Waals surface area contributed by atoms with Crippen molar-refractivity contribution in [2.24, 2.45) is 0 Å². The highest BCUT2D eigenvalue weighted by atomic mass is 16.1. The molecule has 2 heterocycles. The Morgan fingerprint density at radius 3 is 2.48 bits per heavy atom. The molecule has 0 radical (unpaired) electrons. The molecule has 134 valence electrons. The zero-order chi connectivity index (χ0) is 18.8. The first kappa shape index (κ1) is 17.0. The molecule has 2 N–H and O–H groups in total. The number of amides is 1. The van der Waals surface area contributed by atoms with Crippen molar-refractivity contribution in [1.29, 1.82) is 0 Å². The second-order valence-electron chi connectivity index (χ2n) is 6.71. The van der Waals surface area contributed by atoms with Gasteiger partial charge in [0.1, 0.15) is 0 Å². The van der Waals surface area contributed by atoms with E-state index in [1.807, 2.05) is 67.6 Å². The topological polar surface area (TPSA) is 57.8 Å². The number of H-pyrrole nitrogens is 1. The Labute approximate surface area is 158 Å². The molecule has 0 bridgehead atoms. The maximum atomic E-state index is 13.2. The largest absolute Gasteiger partial charge is 0.358 e. The average molecular weight is 355 g/mol. The zero-order valence-electron chi connectivity index (χ0n) is 15.4. The summed E-state index contributed by atoms with van der Waals surface area (Å²) in [5, 5.41) is 4.27. The Kier molecular flexibility index (Phi) is 4.47. The summed E-state index contributed by atoms with van der Waals surface area (Å²) in [5.41, 5.74) is 5.74. The molecule has 4 aromatic rings. The van der Waals surface area contributed by atoms with Crippen LogP contribution < -0.4 is 5.32 Å². The number of aryl methyl sites for hydroxylation is 2. The number of aromatic amines is 1. The van der Waals surface area contributed by atoms with Crippen LogP contribution in [0.2, 0.25) is 0 Å². The minimum atomic E-state index is -0.264. The van der Waals surface area contributed by atoms with E-state index in [-0.39, 0.29) is 11.9 Å². The summed E-state index contributed by atoms with van der Waals surface area (Å²) in [6.45, 7) is 4.09. The second kappa shape index (κ2) is 7.08. The van der Waals surface area contributed by atoms with Gasteiger partial charge in [-0.25, -0.2) is 0 Å². The van der Waals surface area contributed by atoms with Crippen molar-refractivity contribution >= 4 is 16.8 Å². The molecule has 2 aromatic heterocycles. The first-order chi connectivity index (χ1) is 13.1. The molecule has 27 heavy (non-hydrogen) atoms. The van der Waals surface area contributed by atoms with Crippen molar-refractivity contribution in [1.82, 2.24) is 15.3 Å². The molecule has 4 heteroatoms. The molecule has 4 rings (SSSR count). The highest BCUT2D eigenvalue weighted by Crippen LogP contribution is 2.26. The summed E-state index contributed by atoms with van der Waals surface area (Å²) in [6.07, 6.45) is 3.53. The fourth-order valence-corrected chi connectivity index (χ4v) is 3.43. The lowest BCUT2D eigenvalue weighted by atomic mass is 9.99. The second-order valence-corrected chi connectivity index (χ2v) is 6.71. The van der Waals surface area contributed by atoms with Crippen LogP contribution in [-0.4, -0.2) is 15.9 Å². The van der Waals surface area contributed by atoms with Crippen LogP contribution in [0.4, 0.5) is 0 Å². The number of para-hydroxylation sites is 1. The Hall–Kier alpha value is -3.40. The van der Waals surface area contributed by atoms with Gasteiger partial charge in [-0.05, 0) is 42.7 Å². The van der Waals surface area contributed by atoms with E-state index in [2.05, 4.69) is 22.2 Å². The van der Waals surface area contributed by atoms with Crippen LogP contribution in [-0.2, 0) is 0 Å². The zero-order valence-corrected chi connectivity index (χ0v) is 15.4. The molecular formula is C23H21N3O. The number of hydrogen-bond donors (Lipinski definition) is 2. The molecule has 0 aliphatic carbocycles. The quantitative estimate of drug-likeness (QED) is 0.557. The normalized spacial score (nSPS) is 12.1. The van der Waals surface area contributed by atoms with Crippen LogP contribution in [0.5, 0.6) is 0 Å². The summed E-state index contributed by atoms with van der Waals surface area (Å²) in [4.78, 5) is 20.8. The lowest BCUT2D eigenvalue weighted by Gasteiger charge is -2.20. The molecule has 4 nitrogen and oxygen atoms in total. The Balaban J connectivity index is 1.74. The monoisotopic (exact) mass is 355 g/mol. The summed E-state index contributed by atoms with van der Waals surface area (Å²) in [7, 11) is 0. The molecule has 0 fully saturated rings. The van der Waals surface area contributed by atoms with E-state index in [0.717, 1.165) is 27.7 Å². The van der Waals surface area contributed by atoms with Gasteiger partial charge in [-0.2, -0.15) is 0 Å². The number of nitrogens with zero attached hydrogens (tertiary/aromatic N) is 1. The van der Waals surface area contributed by atoms with E-state index >= 15 is 0 Å². The van der Waals surface area contributed by atoms with Crippen LogP contribution in [0.15, 0.2) is 73.1 Å². The lowest BCUT2D eigenvalue weighted by molar-refractivity contribution is 0.0944. The minimum absolute atomic E-state index is 0.112. The maximum absolute atomic E-state index is 13.2. The molecule has 0 aliphatic rings. The minimum Gasteiger partial charge on any atom is -0.358 e.